The van der Waals surface area contributed by atoms with E-state index in [0.29, 0.717) is 23.4 Å². The first-order valence-corrected chi connectivity index (χ1v) is 10.8. The van der Waals surface area contributed by atoms with E-state index in [4.69, 9.17) is 9.40 Å². The van der Waals surface area contributed by atoms with Crippen LogP contribution in [0.2, 0.25) is 0 Å². The lowest BCUT2D eigenvalue weighted by Gasteiger charge is -2.15. The van der Waals surface area contributed by atoms with Gasteiger partial charge in [-0.25, -0.2) is 9.67 Å². The van der Waals surface area contributed by atoms with E-state index in [0.717, 1.165) is 36.0 Å². The van der Waals surface area contributed by atoms with E-state index < -0.39 is 0 Å². The molecule has 0 fully saturated rings. The maximum Gasteiger partial charge on any atom is 0.252 e. The number of hydrogen-bond acceptors (Lipinski definition) is 5. The summed E-state index contributed by atoms with van der Waals surface area (Å²) in [6.45, 7) is 4.67. The number of amides is 1. The van der Waals surface area contributed by atoms with Crippen LogP contribution in [0.15, 0.2) is 59.6 Å². The van der Waals surface area contributed by atoms with Crippen LogP contribution >= 0.6 is 0 Å². The van der Waals surface area contributed by atoms with Crippen molar-refractivity contribution in [1.29, 1.82) is 0 Å². The smallest absolute Gasteiger partial charge is 0.252 e. The number of nitrogens with one attached hydrogen (secondary N) is 1. The number of rotatable bonds is 9. The van der Waals surface area contributed by atoms with Gasteiger partial charge >= 0.3 is 0 Å². The molecule has 31 heavy (non-hydrogen) atoms. The van der Waals surface area contributed by atoms with Crippen LogP contribution in [0.4, 0.5) is 0 Å². The van der Waals surface area contributed by atoms with Crippen molar-refractivity contribution in [1.82, 2.24) is 25.1 Å². The molecule has 0 bridgehead atoms. The lowest BCUT2D eigenvalue weighted by Crippen LogP contribution is -2.32. The van der Waals surface area contributed by atoms with Gasteiger partial charge < -0.3 is 9.73 Å². The van der Waals surface area contributed by atoms with Crippen LogP contribution in [0.25, 0.3) is 22.3 Å². The Morgan fingerprint density at radius 3 is 2.87 bits per heavy atom. The van der Waals surface area contributed by atoms with Crippen molar-refractivity contribution >= 4 is 16.9 Å². The Hall–Kier alpha value is -3.48. The number of pyridine rings is 2. The molecule has 0 saturated heterocycles. The van der Waals surface area contributed by atoms with Crippen molar-refractivity contribution in [3.63, 3.8) is 0 Å². The van der Waals surface area contributed by atoms with Crippen LogP contribution in [-0.2, 0) is 6.54 Å². The van der Waals surface area contributed by atoms with Gasteiger partial charge in [-0.05, 0) is 43.7 Å². The van der Waals surface area contributed by atoms with E-state index in [1.54, 1.807) is 29.5 Å². The predicted molar refractivity (Wildman–Crippen MR) is 120 cm³/mol. The van der Waals surface area contributed by atoms with Gasteiger partial charge in [0.15, 0.2) is 5.65 Å². The molecule has 0 aliphatic heterocycles. The first-order valence-electron chi connectivity index (χ1n) is 10.8. The molecule has 4 rings (SSSR count). The van der Waals surface area contributed by atoms with Crippen molar-refractivity contribution in [3.05, 3.63) is 66.5 Å². The Balaban J connectivity index is 1.71. The summed E-state index contributed by atoms with van der Waals surface area (Å²) in [5.41, 5.74) is 2.74. The summed E-state index contributed by atoms with van der Waals surface area (Å²) in [6, 6.07) is 9.45. The van der Waals surface area contributed by atoms with Gasteiger partial charge in [-0.2, -0.15) is 5.10 Å². The molecule has 1 amide bonds. The molecule has 1 atom stereocenters. The molecule has 0 aromatic carbocycles. The topological polar surface area (TPSA) is 85.8 Å². The molecule has 4 heterocycles. The summed E-state index contributed by atoms with van der Waals surface area (Å²) in [6.07, 6.45) is 11.2. The summed E-state index contributed by atoms with van der Waals surface area (Å²) in [7, 11) is 0. The lowest BCUT2D eigenvalue weighted by molar-refractivity contribution is 0.0939. The van der Waals surface area contributed by atoms with E-state index in [1.807, 2.05) is 37.3 Å². The largest absolute Gasteiger partial charge is 0.467 e. The third-order valence-corrected chi connectivity index (χ3v) is 5.32. The number of aromatic nitrogens is 4. The lowest BCUT2D eigenvalue weighted by atomic mass is 10.1. The monoisotopic (exact) mass is 417 g/mol. The molecule has 7 nitrogen and oxygen atoms in total. The number of carbonyl (C=O) groups excluding carboxylic acids is 1. The second-order valence-electron chi connectivity index (χ2n) is 7.79. The van der Waals surface area contributed by atoms with Gasteiger partial charge in [0.05, 0.1) is 29.1 Å². The highest BCUT2D eigenvalue weighted by atomic mass is 16.3. The minimum Gasteiger partial charge on any atom is -0.467 e. The standard InChI is InChI=1S/C24H27N5O2/c1-3-4-5-8-17(2)27-24(30)20-13-22(18-9-6-11-25-14-18)28-23-21(20)15-26-29(23)16-19-10-7-12-31-19/h6-7,9-15,17H,3-5,8,16H2,1-2H3,(H,27,30). The van der Waals surface area contributed by atoms with Crippen molar-refractivity contribution in [2.45, 2.75) is 52.1 Å². The first-order chi connectivity index (χ1) is 15.2. The normalized spacial score (nSPS) is 12.2. The zero-order valence-corrected chi connectivity index (χ0v) is 17.9. The van der Waals surface area contributed by atoms with Gasteiger partial charge in [0, 0.05) is 24.0 Å². The van der Waals surface area contributed by atoms with E-state index in [1.165, 1.54) is 6.42 Å². The van der Waals surface area contributed by atoms with E-state index >= 15 is 0 Å². The average molecular weight is 418 g/mol. The highest BCUT2D eigenvalue weighted by Gasteiger charge is 2.19. The highest BCUT2D eigenvalue weighted by molar-refractivity contribution is 6.06. The quantitative estimate of drug-likeness (QED) is 0.394. The molecule has 0 saturated carbocycles. The van der Waals surface area contributed by atoms with Gasteiger partial charge in [-0.1, -0.05) is 26.2 Å². The Morgan fingerprint density at radius 2 is 2.13 bits per heavy atom. The number of furan rings is 1. The molecule has 4 aromatic rings. The predicted octanol–water partition coefficient (Wildman–Crippen LogP) is 4.83. The van der Waals surface area contributed by atoms with Crippen LogP contribution in [0.3, 0.4) is 0 Å². The van der Waals surface area contributed by atoms with Crippen molar-refractivity contribution < 1.29 is 9.21 Å². The number of unbranched alkanes of at least 4 members (excludes halogenated alkanes) is 2. The zero-order valence-electron chi connectivity index (χ0n) is 17.9. The minimum absolute atomic E-state index is 0.0993. The summed E-state index contributed by atoms with van der Waals surface area (Å²) < 4.78 is 7.23. The number of nitrogens with zero attached hydrogens (tertiary/aromatic N) is 4. The molecule has 0 radical (unpaired) electrons. The summed E-state index contributed by atoms with van der Waals surface area (Å²) in [5.74, 6) is 0.660. The summed E-state index contributed by atoms with van der Waals surface area (Å²) >= 11 is 0. The number of carbonyl (C=O) groups is 1. The minimum atomic E-state index is -0.112. The van der Waals surface area contributed by atoms with Crippen molar-refractivity contribution in [2.24, 2.45) is 0 Å². The molecular weight excluding hydrogens is 390 g/mol. The fourth-order valence-electron chi connectivity index (χ4n) is 3.64. The Kier molecular flexibility index (Phi) is 6.40. The van der Waals surface area contributed by atoms with Gasteiger partial charge in [-0.3, -0.25) is 9.78 Å². The maximum atomic E-state index is 13.2. The molecule has 4 aromatic heterocycles. The van der Waals surface area contributed by atoms with Gasteiger partial charge in [0.1, 0.15) is 12.3 Å². The Bertz CT molecular complexity index is 1140. The average Bonchev–Trinajstić information content (AvgIpc) is 3.44. The Labute approximate surface area is 181 Å². The SMILES string of the molecule is CCCCCC(C)NC(=O)c1cc(-c2cccnc2)nc2c1cnn2Cc1ccco1. The zero-order chi connectivity index (χ0) is 21.6. The van der Waals surface area contributed by atoms with Gasteiger partial charge in [-0.15, -0.1) is 0 Å². The molecule has 1 N–H and O–H groups in total. The van der Waals surface area contributed by atoms with Gasteiger partial charge in [0.25, 0.3) is 5.91 Å². The fraction of sp³-hybridized carbons (Fsp3) is 0.333. The van der Waals surface area contributed by atoms with Crippen LogP contribution in [0.1, 0.15) is 55.6 Å². The van der Waals surface area contributed by atoms with E-state index in [9.17, 15) is 4.79 Å². The second-order valence-corrected chi connectivity index (χ2v) is 7.79. The molecule has 0 aliphatic carbocycles. The fourth-order valence-corrected chi connectivity index (χ4v) is 3.64. The van der Waals surface area contributed by atoms with Crippen molar-refractivity contribution in [3.8, 4) is 11.3 Å². The first kappa shape index (κ1) is 20.8. The maximum absolute atomic E-state index is 13.2. The third kappa shape index (κ3) is 4.82. The molecule has 1 unspecified atom stereocenters. The second kappa shape index (κ2) is 9.55. The highest BCUT2D eigenvalue weighted by Crippen LogP contribution is 2.25. The third-order valence-electron chi connectivity index (χ3n) is 5.32. The summed E-state index contributed by atoms with van der Waals surface area (Å²) in [5, 5.41) is 8.35. The number of fused-ring (bicyclic) bond motifs is 1. The summed E-state index contributed by atoms with van der Waals surface area (Å²) in [4.78, 5) is 22.2. The molecule has 7 heteroatoms. The molecule has 0 aliphatic rings. The van der Waals surface area contributed by atoms with Crippen LogP contribution < -0.4 is 5.32 Å². The molecular formula is C24H27N5O2. The Morgan fingerprint density at radius 1 is 1.23 bits per heavy atom. The van der Waals surface area contributed by atoms with Crippen molar-refractivity contribution in [2.75, 3.05) is 0 Å². The van der Waals surface area contributed by atoms with E-state index in [2.05, 4.69) is 22.3 Å². The van der Waals surface area contributed by atoms with Crippen LogP contribution in [0, 0.1) is 0 Å². The van der Waals surface area contributed by atoms with Crippen LogP contribution in [-0.4, -0.2) is 31.7 Å². The molecule has 0 spiro atoms. The number of hydrogen-bond donors (Lipinski definition) is 1. The van der Waals surface area contributed by atoms with Crippen LogP contribution in [0.5, 0.6) is 0 Å². The van der Waals surface area contributed by atoms with E-state index in [-0.39, 0.29) is 11.9 Å². The molecule has 160 valence electrons. The van der Waals surface area contributed by atoms with Gasteiger partial charge in [0.2, 0.25) is 0 Å².